The van der Waals surface area contributed by atoms with E-state index in [0.717, 1.165) is 31.4 Å². The molecular weight excluding hydrogens is 270 g/mol. The molecular formula is C15H21N3O3. The maximum absolute atomic E-state index is 12.9. The predicted octanol–water partition coefficient (Wildman–Crippen LogP) is 1.53. The lowest BCUT2D eigenvalue weighted by atomic mass is 9.90. The summed E-state index contributed by atoms with van der Waals surface area (Å²) in [6.45, 7) is 4.07. The number of aryl methyl sites for hydroxylation is 1. The van der Waals surface area contributed by atoms with E-state index in [1.165, 1.54) is 0 Å². The third-order valence-corrected chi connectivity index (χ3v) is 4.56. The van der Waals surface area contributed by atoms with Crippen molar-refractivity contribution in [1.82, 2.24) is 15.4 Å². The number of nitrogens with one attached hydrogen (secondary N) is 1. The molecule has 2 amide bonds. The SMILES string of the molecule is CCC1C(=O)NC2(CCCC2)C(=O)N1Cc1cc(C)no1. The average molecular weight is 291 g/mol. The van der Waals surface area contributed by atoms with Gasteiger partial charge < -0.3 is 14.7 Å². The fourth-order valence-electron chi connectivity index (χ4n) is 3.49. The van der Waals surface area contributed by atoms with E-state index in [1.54, 1.807) is 4.90 Å². The van der Waals surface area contributed by atoms with Crippen molar-refractivity contribution in [2.24, 2.45) is 0 Å². The highest BCUT2D eigenvalue weighted by molar-refractivity contribution is 6.00. The maximum atomic E-state index is 12.9. The Morgan fingerprint density at radius 3 is 2.71 bits per heavy atom. The lowest BCUT2D eigenvalue weighted by Gasteiger charge is -2.43. The molecule has 6 heteroatoms. The molecule has 114 valence electrons. The van der Waals surface area contributed by atoms with Crippen molar-refractivity contribution in [3.05, 3.63) is 17.5 Å². The van der Waals surface area contributed by atoms with Crippen LogP contribution in [0.4, 0.5) is 0 Å². The molecule has 21 heavy (non-hydrogen) atoms. The van der Waals surface area contributed by atoms with Gasteiger partial charge in [0.05, 0.1) is 12.2 Å². The molecule has 2 heterocycles. The van der Waals surface area contributed by atoms with E-state index in [-0.39, 0.29) is 11.8 Å². The fourth-order valence-corrected chi connectivity index (χ4v) is 3.49. The van der Waals surface area contributed by atoms with Crippen molar-refractivity contribution in [3.63, 3.8) is 0 Å². The van der Waals surface area contributed by atoms with Crippen LogP contribution < -0.4 is 5.32 Å². The topological polar surface area (TPSA) is 75.4 Å². The van der Waals surface area contributed by atoms with Gasteiger partial charge in [-0.1, -0.05) is 24.9 Å². The molecule has 0 bridgehead atoms. The molecule has 0 radical (unpaired) electrons. The Hall–Kier alpha value is -1.85. The Balaban J connectivity index is 1.89. The summed E-state index contributed by atoms with van der Waals surface area (Å²) in [5.74, 6) is 0.609. The minimum atomic E-state index is -0.683. The lowest BCUT2D eigenvalue weighted by molar-refractivity contribution is -0.156. The number of hydrogen-bond donors (Lipinski definition) is 1. The van der Waals surface area contributed by atoms with Gasteiger partial charge in [-0.05, 0) is 26.2 Å². The first kappa shape index (κ1) is 14.1. The van der Waals surface area contributed by atoms with Gasteiger partial charge in [0.25, 0.3) is 0 Å². The molecule has 1 N–H and O–H groups in total. The summed E-state index contributed by atoms with van der Waals surface area (Å²) in [5, 5.41) is 6.84. The highest BCUT2D eigenvalue weighted by Gasteiger charge is 2.51. The van der Waals surface area contributed by atoms with E-state index in [0.29, 0.717) is 18.7 Å². The number of rotatable bonds is 3. The van der Waals surface area contributed by atoms with Crippen molar-refractivity contribution in [2.45, 2.75) is 64.1 Å². The summed E-state index contributed by atoms with van der Waals surface area (Å²) in [5.41, 5.74) is 0.0974. The first-order valence-electron chi connectivity index (χ1n) is 7.61. The van der Waals surface area contributed by atoms with Gasteiger partial charge in [-0.25, -0.2) is 0 Å². The van der Waals surface area contributed by atoms with Crippen LogP contribution >= 0.6 is 0 Å². The Morgan fingerprint density at radius 2 is 2.14 bits per heavy atom. The van der Waals surface area contributed by atoms with Crippen LogP contribution in [0.25, 0.3) is 0 Å². The second kappa shape index (κ2) is 5.16. The second-order valence-corrected chi connectivity index (χ2v) is 6.07. The van der Waals surface area contributed by atoms with E-state index >= 15 is 0 Å². The van der Waals surface area contributed by atoms with E-state index in [9.17, 15) is 9.59 Å². The van der Waals surface area contributed by atoms with E-state index < -0.39 is 11.6 Å². The monoisotopic (exact) mass is 291 g/mol. The maximum Gasteiger partial charge on any atom is 0.249 e. The number of carbonyl (C=O) groups excluding carboxylic acids is 2. The van der Waals surface area contributed by atoms with Crippen LogP contribution in [0.15, 0.2) is 10.6 Å². The smallest absolute Gasteiger partial charge is 0.249 e. The molecule has 3 rings (SSSR count). The van der Waals surface area contributed by atoms with Crippen LogP contribution in [0.2, 0.25) is 0 Å². The van der Waals surface area contributed by atoms with Crippen LogP contribution in [-0.4, -0.2) is 33.5 Å². The van der Waals surface area contributed by atoms with Gasteiger partial charge in [-0.15, -0.1) is 0 Å². The molecule has 1 aliphatic heterocycles. The van der Waals surface area contributed by atoms with E-state index in [2.05, 4.69) is 10.5 Å². The summed E-state index contributed by atoms with van der Waals surface area (Å²) in [7, 11) is 0. The Bertz CT molecular complexity index is 560. The molecule has 2 fully saturated rings. The van der Waals surface area contributed by atoms with Gasteiger partial charge in [0, 0.05) is 6.07 Å². The van der Waals surface area contributed by atoms with Gasteiger partial charge in [-0.3, -0.25) is 9.59 Å². The Morgan fingerprint density at radius 1 is 1.43 bits per heavy atom. The number of piperazine rings is 1. The van der Waals surface area contributed by atoms with Gasteiger partial charge in [0.1, 0.15) is 11.6 Å². The Kier molecular flexibility index (Phi) is 3.47. The molecule has 1 aromatic rings. The van der Waals surface area contributed by atoms with Crippen molar-refractivity contribution < 1.29 is 14.1 Å². The first-order chi connectivity index (χ1) is 10.1. The largest absolute Gasteiger partial charge is 0.359 e. The number of amides is 2. The van der Waals surface area contributed by atoms with E-state index in [1.807, 2.05) is 19.9 Å². The van der Waals surface area contributed by atoms with Crippen molar-refractivity contribution >= 4 is 11.8 Å². The minimum absolute atomic E-state index is 0.0282. The minimum Gasteiger partial charge on any atom is -0.359 e. The van der Waals surface area contributed by atoms with Gasteiger partial charge in [0.2, 0.25) is 11.8 Å². The quantitative estimate of drug-likeness (QED) is 0.916. The zero-order valence-corrected chi connectivity index (χ0v) is 12.5. The normalized spacial score (nSPS) is 24.7. The fraction of sp³-hybridized carbons (Fsp3) is 0.667. The molecule has 0 aromatic carbocycles. The van der Waals surface area contributed by atoms with E-state index in [4.69, 9.17) is 4.52 Å². The molecule has 1 unspecified atom stereocenters. The zero-order valence-electron chi connectivity index (χ0n) is 12.5. The molecule has 1 aromatic heterocycles. The van der Waals surface area contributed by atoms with Crippen molar-refractivity contribution in [2.75, 3.05) is 0 Å². The third-order valence-electron chi connectivity index (χ3n) is 4.56. The number of hydrogen-bond acceptors (Lipinski definition) is 4. The number of nitrogens with zero attached hydrogens (tertiary/aromatic N) is 2. The third kappa shape index (κ3) is 2.32. The van der Waals surface area contributed by atoms with Gasteiger partial charge in [-0.2, -0.15) is 0 Å². The first-order valence-corrected chi connectivity index (χ1v) is 7.61. The molecule has 1 atom stereocenters. The van der Waals surface area contributed by atoms with Crippen LogP contribution in [0.3, 0.4) is 0 Å². The van der Waals surface area contributed by atoms with Gasteiger partial charge >= 0.3 is 0 Å². The zero-order chi connectivity index (χ0) is 15.0. The predicted molar refractivity (Wildman–Crippen MR) is 75.2 cm³/mol. The highest BCUT2D eigenvalue weighted by atomic mass is 16.5. The summed E-state index contributed by atoms with van der Waals surface area (Å²) in [6, 6.07) is 1.39. The van der Waals surface area contributed by atoms with Crippen LogP contribution in [0.5, 0.6) is 0 Å². The van der Waals surface area contributed by atoms with Gasteiger partial charge in [0.15, 0.2) is 5.76 Å². The second-order valence-electron chi connectivity index (χ2n) is 6.07. The van der Waals surface area contributed by atoms with Crippen LogP contribution in [0.1, 0.15) is 50.5 Å². The standard InChI is InChI=1S/C15H21N3O3/c1-3-12-13(19)16-15(6-4-5-7-15)14(20)18(12)9-11-8-10(2)17-21-11/h8,12H,3-7,9H2,1-2H3,(H,16,19). The number of aromatic nitrogens is 1. The average Bonchev–Trinajstić information content (AvgIpc) is 3.06. The lowest BCUT2D eigenvalue weighted by Crippen LogP contribution is -2.69. The number of carbonyl (C=O) groups is 2. The molecule has 6 nitrogen and oxygen atoms in total. The summed E-state index contributed by atoms with van der Waals surface area (Å²) in [4.78, 5) is 27.0. The highest BCUT2D eigenvalue weighted by Crippen LogP contribution is 2.35. The molecule has 1 saturated carbocycles. The molecule has 2 aliphatic rings. The Labute approximate surface area is 123 Å². The van der Waals surface area contributed by atoms with Crippen molar-refractivity contribution in [1.29, 1.82) is 0 Å². The summed E-state index contributed by atoms with van der Waals surface area (Å²) >= 11 is 0. The van der Waals surface area contributed by atoms with Crippen LogP contribution in [-0.2, 0) is 16.1 Å². The summed E-state index contributed by atoms with van der Waals surface area (Å²) < 4.78 is 5.22. The molecule has 1 spiro atoms. The van der Waals surface area contributed by atoms with Crippen molar-refractivity contribution in [3.8, 4) is 0 Å². The van der Waals surface area contributed by atoms with Crippen LogP contribution in [0, 0.1) is 6.92 Å². The molecule has 1 aliphatic carbocycles. The molecule has 1 saturated heterocycles. The summed E-state index contributed by atoms with van der Waals surface area (Å²) in [6.07, 6.45) is 4.04.